The Kier molecular flexibility index (Phi) is 5.66. The van der Waals surface area contributed by atoms with Gasteiger partial charge in [-0.1, -0.05) is 23.8 Å². The second-order valence-electron chi connectivity index (χ2n) is 7.87. The molecule has 0 aliphatic carbocycles. The van der Waals surface area contributed by atoms with Gasteiger partial charge in [0.1, 0.15) is 0 Å². The number of hydrazine groups is 1. The van der Waals surface area contributed by atoms with Crippen LogP contribution >= 0.6 is 0 Å². The average Bonchev–Trinajstić information content (AvgIpc) is 3.17. The minimum Gasteiger partial charge on any atom is -0.339 e. The van der Waals surface area contributed by atoms with Gasteiger partial charge in [0.15, 0.2) is 0 Å². The predicted molar refractivity (Wildman–Crippen MR) is 109 cm³/mol. The maximum absolute atomic E-state index is 4.41. The molecule has 0 amide bonds. The lowest BCUT2D eigenvalue weighted by Crippen LogP contribution is -2.48. The molecule has 3 N–H and O–H groups in total. The highest BCUT2D eigenvalue weighted by molar-refractivity contribution is 5.34. The van der Waals surface area contributed by atoms with Crippen LogP contribution in [0.1, 0.15) is 35.6 Å². The van der Waals surface area contributed by atoms with E-state index in [1.807, 2.05) is 18.5 Å². The molecule has 2 fully saturated rings. The summed E-state index contributed by atoms with van der Waals surface area (Å²) in [5, 5.41) is 3.82. The van der Waals surface area contributed by atoms with Crippen molar-refractivity contribution in [1.82, 2.24) is 26.1 Å². The first-order valence-corrected chi connectivity index (χ1v) is 10.0. The second-order valence-corrected chi connectivity index (χ2v) is 7.87. The van der Waals surface area contributed by atoms with Crippen LogP contribution in [0.5, 0.6) is 0 Å². The van der Waals surface area contributed by atoms with Crippen LogP contribution in [0, 0.1) is 19.8 Å². The van der Waals surface area contributed by atoms with Crippen LogP contribution in [0.4, 0.5) is 5.95 Å². The number of nitrogens with zero attached hydrogens (tertiary/aromatic N) is 3. The number of nitrogens with one attached hydrogen (secondary N) is 3. The van der Waals surface area contributed by atoms with E-state index in [1.54, 1.807) is 0 Å². The molecular formula is C21H30N6. The number of hydrogen-bond donors (Lipinski definition) is 3. The molecule has 144 valence electrons. The Labute approximate surface area is 161 Å². The zero-order valence-corrected chi connectivity index (χ0v) is 16.3. The van der Waals surface area contributed by atoms with Crippen molar-refractivity contribution < 1.29 is 0 Å². The predicted octanol–water partition coefficient (Wildman–Crippen LogP) is 2.12. The summed E-state index contributed by atoms with van der Waals surface area (Å²) < 4.78 is 0. The lowest BCUT2D eigenvalue weighted by Gasteiger charge is -2.34. The molecule has 0 saturated carbocycles. The third kappa shape index (κ3) is 4.29. The molecule has 2 aliphatic heterocycles. The fourth-order valence-corrected chi connectivity index (χ4v) is 4.25. The number of anilines is 1. The standard InChI is InChI=1S/C21H30N6/c1-15-6-7-16(2)19(11-15)20-17(13-25-26-20)12-24-18-5-3-10-27(14-18)21-22-8-4-9-23-21/h4,6-9,11,17-18,20,24-26H,3,5,10,12-14H2,1-2H3. The molecule has 27 heavy (non-hydrogen) atoms. The molecule has 2 saturated heterocycles. The van der Waals surface area contributed by atoms with Crippen molar-refractivity contribution in [3.63, 3.8) is 0 Å². The summed E-state index contributed by atoms with van der Waals surface area (Å²) in [4.78, 5) is 11.1. The van der Waals surface area contributed by atoms with E-state index in [1.165, 1.54) is 29.5 Å². The second kappa shape index (κ2) is 8.33. The summed E-state index contributed by atoms with van der Waals surface area (Å²) in [5.74, 6) is 1.38. The van der Waals surface area contributed by atoms with Gasteiger partial charge in [0.2, 0.25) is 5.95 Å². The first-order chi connectivity index (χ1) is 13.2. The van der Waals surface area contributed by atoms with Crippen LogP contribution < -0.4 is 21.1 Å². The van der Waals surface area contributed by atoms with Gasteiger partial charge in [-0.15, -0.1) is 0 Å². The van der Waals surface area contributed by atoms with E-state index in [4.69, 9.17) is 0 Å². The SMILES string of the molecule is Cc1ccc(C)c(C2NNCC2CNC2CCCN(c3ncccn3)C2)c1. The fourth-order valence-electron chi connectivity index (χ4n) is 4.25. The molecule has 0 radical (unpaired) electrons. The monoisotopic (exact) mass is 366 g/mol. The fraction of sp³-hybridized carbons (Fsp3) is 0.524. The van der Waals surface area contributed by atoms with Gasteiger partial charge in [0.05, 0.1) is 6.04 Å². The van der Waals surface area contributed by atoms with Crippen LogP contribution in [-0.2, 0) is 0 Å². The van der Waals surface area contributed by atoms with Gasteiger partial charge < -0.3 is 10.2 Å². The third-order valence-corrected chi connectivity index (χ3v) is 5.79. The van der Waals surface area contributed by atoms with Crippen LogP contribution in [0.25, 0.3) is 0 Å². The Morgan fingerprint density at radius 1 is 1.22 bits per heavy atom. The van der Waals surface area contributed by atoms with E-state index in [9.17, 15) is 0 Å². The molecule has 0 spiro atoms. The van der Waals surface area contributed by atoms with Gasteiger partial charge >= 0.3 is 0 Å². The number of piperidine rings is 1. The maximum Gasteiger partial charge on any atom is 0.225 e. The summed E-state index contributed by atoms with van der Waals surface area (Å²) >= 11 is 0. The van der Waals surface area contributed by atoms with Crippen molar-refractivity contribution >= 4 is 5.95 Å². The van der Waals surface area contributed by atoms with E-state index < -0.39 is 0 Å². The van der Waals surface area contributed by atoms with E-state index >= 15 is 0 Å². The summed E-state index contributed by atoms with van der Waals surface area (Å²) in [6.07, 6.45) is 6.04. The van der Waals surface area contributed by atoms with Crippen LogP contribution in [0.2, 0.25) is 0 Å². The number of hydrogen-bond acceptors (Lipinski definition) is 6. The lowest BCUT2D eigenvalue weighted by molar-refractivity contribution is 0.368. The highest BCUT2D eigenvalue weighted by Gasteiger charge is 2.30. The molecule has 3 atom stereocenters. The maximum atomic E-state index is 4.41. The molecule has 1 aromatic heterocycles. The third-order valence-electron chi connectivity index (χ3n) is 5.79. The molecule has 2 aliphatic rings. The largest absolute Gasteiger partial charge is 0.339 e. The van der Waals surface area contributed by atoms with Crippen molar-refractivity contribution in [3.8, 4) is 0 Å². The molecule has 0 bridgehead atoms. The van der Waals surface area contributed by atoms with Gasteiger partial charge in [-0.25, -0.2) is 15.4 Å². The van der Waals surface area contributed by atoms with Crippen LogP contribution in [0.15, 0.2) is 36.7 Å². The zero-order valence-electron chi connectivity index (χ0n) is 16.3. The summed E-state index contributed by atoms with van der Waals surface area (Å²) in [7, 11) is 0. The highest BCUT2D eigenvalue weighted by Crippen LogP contribution is 2.28. The normalized spacial score (nSPS) is 25.7. The Morgan fingerprint density at radius 3 is 2.93 bits per heavy atom. The minimum atomic E-state index is 0.356. The summed E-state index contributed by atoms with van der Waals surface area (Å²) in [5.41, 5.74) is 11.0. The Morgan fingerprint density at radius 2 is 2.07 bits per heavy atom. The van der Waals surface area contributed by atoms with Gasteiger partial charge in [-0.05, 0) is 43.9 Å². The molecule has 6 nitrogen and oxygen atoms in total. The number of benzene rings is 1. The highest BCUT2D eigenvalue weighted by atomic mass is 15.4. The molecule has 1 aromatic carbocycles. The van der Waals surface area contributed by atoms with Gasteiger partial charge in [0, 0.05) is 50.5 Å². The first kappa shape index (κ1) is 18.3. The quantitative estimate of drug-likeness (QED) is 0.753. The van der Waals surface area contributed by atoms with Crippen LogP contribution in [-0.4, -0.2) is 42.2 Å². The topological polar surface area (TPSA) is 65.1 Å². The van der Waals surface area contributed by atoms with Crippen molar-refractivity contribution in [2.24, 2.45) is 5.92 Å². The van der Waals surface area contributed by atoms with Gasteiger partial charge in [-0.2, -0.15) is 0 Å². The molecule has 3 unspecified atom stereocenters. The van der Waals surface area contributed by atoms with E-state index in [2.05, 4.69) is 63.1 Å². The molecular weight excluding hydrogens is 336 g/mol. The van der Waals surface area contributed by atoms with Crippen molar-refractivity contribution in [2.45, 2.75) is 38.8 Å². The molecule has 3 heterocycles. The first-order valence-electron chi connectivity index (χ1n) is 10.0. The minimum absolute atomic E-state index is 0.356. The Balaban J connectivity index is 1.37. The summed E-state index contributed by atoms with van der Waals surface area (Å²) in [6, 6.07) is 9.46. The van der Waals surface area contributed by atoms with Crippen molar-refractivity contribution in [2.75, 3.05) is 31.1 Å². The number of aromatic nitrogens is 2. The van der Waals surface area contributed by atoms with E-state index in [0.717, 1.165) is 32.1 Å². The van der Waals surface area contributed by atoms with Gasteiger partial charge in [-0.3, -0.25) is 5.43 Å². The van der Waals surface area contributed by atoms with E-state index in [-0.39, 0.29) is 0 Å². The average molecular weight is 367 g/mol. The molecule has 6 heteroatoms. The zero-order chi connectivity index (χ0) is 18.6. The number of aryl methyl sites for hydroxylation is 2. The van der Waals surface area contributed by atoms with Crippen LogP contribution in [0.3, 0.4) is 0 Å². The Bertz CT molecular complexity index is 750. The number of rotatable bonds is 5. The lowest BCUT2D eigenvalue weighted by atomic mass is 9.90. The smallest absolute Gasteiger partial charge is 0.225 e. The van der Waals surface area contributed by atoms with Crippen molar-refractivity contribution in [1.29, 1.82) is 0 Å². The molecule has 4 rings (SSSR count). The van der Waals surface area contributed by atoms with Gasteiger partial charge in [0.25, 0.3) is 0 Å². The molecule has 2 aromatic rings. The Hall–Kier alpha value is -2.02. The van der Waals surface area contributed by atoms with E-state index in [0.29, 0.717) is 18.0 Å². The summed E-state index contributed by atoms with van der Waals surface area (Å²) in [6.45, 7) is 8.39. The van der Waals surface area contributed by atoms with Crippen molar-refractivity contribution in [3.05, 3.63) is 53.3 Å².